The molecule has 0 fully saturated rings. The molecule has 0 aliphatic carbocycles. The van der Waals surface area contributed by atoms with Crippen molar-refractivity contribution in [1.82, 2.24) is 0 Å². The molecule has 0 aliphatic heterocycles. The topological polar surface area (TPSA) is 35.5 Å². The minimum atomic E-state index is -1.38. The Morgan fingerprint density at radius 2 is 1.45 bits per heavy atom. The second-order valence-electron chi connectivity index (χ2n) is 4.59. The first-order chi connectivity index (χ1) is 9.88. The van der Waals surface area contributed by atoms with Gasteiger partial charge in [-0.3, -0.25) is 4.52 Å². The fourth-order valence-corrected chi connectivity index (χ4v) is 3.11. The summed E-state index contributed by atoms with van der Waals surface area (Å²) in [4.78, 5) is 0. The number of unbranched alkanes of at least 4 members (excludes halogenated alkanes) is 1. The summed E-state index contributed by atoms with van der Waals surface area (Å²) in [5, 5.41) is 2.10. The van der Waals surface area contributed by atoms with Crippen LogP contribution in [0.25, 0.3) is 21.9 Å². The molecule has 104 valence electrons. The van der Waals surface area contributed by atoms with Gasteiger partial charge in [0.15, 0.2) is 0 Å². The van der Waals surface area contributed by atoms with Gasteiger partial charge in [-0.1, -0.05) is 49.7 Å². The predicted molar refractivity (Wildman–Crippen MR) is 82.7 cm³/mol. The van der Waals surface area contributed by atoms with Crippen molar-refractivity contribution < 1.29 is 12.9 Å². The second-order valence-corrected chi connectivity index (χ2v) is 5.66. The van der Waals surface area contributed by atoms with Gasteiger partial charge in [0.05, 0.1) is 6.61 Å². The van der Waals surface area contributed by atoms with E-state index in [9.17, 15) is 0 Å². The average molecular weight is 288 g/mol. The molecular weight excluding hydrogens is 271 g/mol. The monoisotopic (exact) mass is 288 g/mol. The zero-order valence-corrected chi connectivity index (χ0v) is 12.3. The zero-order valence-electron chi connectivity index (χ0n) is 11.4. The third-order valence-corrected chi connectivity index (χ3v) is 4.19. The Morgan fingerprint density at radius 3 is 2.00 bits per heavy atom. The molecule has 0 atom stereocenters. The number of para-hydroxylation sites is 2. The Bertz CT molecular complexity index is 691. The summed E-state index contributed by atoms with van der Waals surface area (Å²) < 4.78 is 17.6. The first kappa shape index (κ1) is 13.3. The molecule has 2 aromatic carbocycles. The molecule has 0 N–H and O–H groups in total. The SMILES string of the molecule is CCCCOp1oc2ccccc2c2ccccc2o1. The number of fused-ring (bicyclic) bond motifs is 3. The lowest BCUT2D eigenvalue weighted by Crippen LogP contribution is -1.92. The molecular formula is C16H17O3P. The van der Waals surface area contributed by atoms with Gasteiger partial charge in [-0.05, 0) is 18.6 Å². The quantitative estimate of drug-likeness (QED) is 0.593. The highest BCUT2D eigenvalue weighted by Gasteiger charge is 2.05. The Kier molecular flexibility index (Phi) is 4.10. The summed E-state index contributed by atoms with van der Waals surface area (Å²) in [5.74, 6) is 0. The summed E-state index contributed by atoms with van der Waals surface area (Å²) in [6.45, 7) is 2.79. The van der Waals surface area contributed by atoms with Crippen molar-refractivity contribution in [3.05, 3.63) is 48.5 Å². The molecule has 0 saturated heterocycles. The maximum absolute atomic E-state index is 5.91. The highest BCUT2D eigenvalue weighted by Crippen LogP contribution is 2.33. The van der Waals surface area contributed by atoms with E-state index >= 15 is 0 Å². The van der Waals surface area contributed by atoms with E-state index in [1.807, 2.05) is 48.5 Å². The van der Waals surface area contributed by atoms with Crippen LogP contribution in [0.4, 0.5) is 0 Å². The number of benzene rings is 2. The largest absolute Gasteiger partial charge is 0.399 e. The van der Waals surface area contributed by atoms with Gasteiger partial charge in [-0.15, -0.1) is 0 Å². The summed E-state index contributed by atoms with van der Waals surface area (Å²) in [6.07, 6.45) is 2.10. The lowest BCUT2D eigenvalue weighted by molar-refractivity contribution is 0.363. The summed E-state index contributed by atoms with van der Waals surface area (Å²) in [7, 11) is -1.38. The third kappa shape index (κ3) is 2.74. The van der Waals surface area contributed by atoms with Crippen LogP contribution in [0.15, 0.2) is 56.9 Å². The van der Waals surface area contributed by atoms with Crippen molar-refractivity contribution in [2.75, 3.05) is 6.61 Å². The van der Waals surface area contributed by atoms with E-state index in [0.717, 1.165) is 34.8 Å². The highest BCUT2D eigenvalue weighted by molar-refractivity contribution is 7.31. The molecule has 0 radical (unpaired) electrons. The lowest BCUT2D eigenvalue weighted by Gasteiger charge is -1.97. The fourth-order valence-electron chi connectivity index (χ4n) is 2.05. The van der Waals surface area contributed by atoms with E-state index in [2.05, 4.69) is 6.92 Å². The highest BCUT2D eigenvalue weighted by atomic mass is 31.1. The van der Waals surface area contributed by atoms with Crippen LogP contribution in [0.2, 0.25) is 0 Å². The van der Waals surface area contributed by atoms with E-state index < -0.39 is 8.24 Å². The van der Waals surface area contributed by atoms with E-state index in [0.29, 0.717) is 6.61 Å². The minimum Gasteiger partial charge on any atom is -0.399 e. The maximum Gasteiger partial charge on any atom is 0.387 e. The molecule has 0 amide bonds. The second kappa shape index (κ2) is 6.17. The van der Waals surface area contributed by atoms with Gasteiger partial charge >= 0.3 is 8.24 Å². The van der Waals surface area contributed by atoms with Gasteiger partial charge in [0.2, 0.25) is 0 Å². The molecule has 3 aromatic rings. The van der Waals surface area contributed by atoms with Crippen molar-refractivity contribution in [2.24, 2.45) is 0 Å². The smallest absolute Gasteiger partial charge is 0.387 e. The molecule has 0 spiro atoms. The Labute approximate surface area is 118 Å². The van der Waals surface area contributed by atoms with Gasteiger partial charge in [0.25, 0.3) is 0 Å². The number of rotatable bonds is 4. The molecule has 4 heteroatoms. The molecule has 1 aromatic heterocycles. The van der Waals surface area contributed by atoms with Crippen molar-refractivity contribution in [3.8, 4) is 0 Å². The van der Waals surface area contributed by atoms with Crippen LogP contribution in [-0.2, 0) is 0 Å². The van der Waals surface area contributed by atoms with Gasteiger partial charge in [0.1, 0.15) is 11.2 Å². The molecule has 1 heterocycles. The molecule has 0 aliphatic rings. The molecule has 20 heavy (non-hydrogen) atoms. The van der Waals surface area contributed by atoms with Crippen molar-refractivity contribution in [3.63, 3.8) is 0 Å². The standard InChI is InChI=1S/C16H17O3P/c1-2-3-12-17-20-18-15-10-6-4-8-13(15)14-9-5-7-11-16(14)19-20/h4-11H,2-3,12H2,1H3. The van der Waals surface area contributed by atoms with Crippen LogP contribution in [0.3, 0.4) is 0 Å². The van der Waals surface area contributed by atoms with Crippen LogP contribution in [-0.4, -0.2) is 6.61 Å². The van der Waals surface area contributed by atoms with Crippen LogP contribution in [0, 0.1) is 0 Å². The third-order valence-electron chi connectivity index (χ3n) is 3.10. The first-order valence-corrected chi connectivity index (χ1v) is 7.95. The van der Waals surface area contributed by atoms with Crippen molar-refractivity contribution in [2.45, 2.75) is 19.8 Å². The number of hydrogen-bond acceptors (Lipinski definition) is 3. The van der Waals surface area contributed by atoms with Gasteiger partial charge in [0, 0.05) is 10.8 Å². The predicted octanol–water partition coefficient (Wildman–Crippen LogP) is 5.52. The molecule has 0 saturated carbocycles. The summed E-state index contributed by atoms with van der Waals surface area (Å²) in [6, 6.07) is 15.9. The number of hydrogen-bond donors (Lipinski definition) is 0. The first-order valence-electron chi connectivity index (χ1n) is 6.86. The van der Waals surface area contributed by atoms with Crippen molar-refractivity contribution >= 4 is 30.2 Å². The van der Waals surface area contributed by atoms with Gasteiger partial charge in [-0.2, -0.15) is 0 Å². The summed E-state index contributed by atoms with van der Waals surface area (Å²) >= 11 is 0. The summed E-state index contributed by atoms with van der Waals surface area (Å²) in [5.41, 5.74) is 1.64. The van der Waals surface area contributed by atoms with Crippen LogP contribution >= 0.6 is 8.24 Å². The minimum absolute atomic E-state index is 0.659. The molecule has 0 bridgehead atoms. The van der Waals surface area contributed by atoms with E-state index in [4.69, 9.17) is 12.9 Å². The van der Waals surface area contributed by atoms with Crippen LogP contribution in [0.1, 0.15) is 19.8 Å². The van der Waals surface area contributed by atoms with Gasteiger partial charge in [-0.25, -0.2) is 0 Å². The van der Waals surface area contributed by atoms with Gasteiger partial charge < -0.3 is 8.39 Å². The maximum atomic E-state index is 5.91. The molecule has 0 unspecified atom stereocenters. The zero-order chi connectivity index (χ0) is 13.8. The molecule has 3 rings (SSSR count). The van der Waals surface area contributed by atoms with E-state index in [1.54, 1.807) is 0 Å². The normalized spacial score (nSPS) is 11.1. The molecule has 3 nitrogen and oxygen atoms in total. The Morgan fingerprint density at radius 1 is 0.900 bits per heavy atom. The Hall–Kier alpha value is -1.70. The average Bonchev–Trinajstić information content (AvgIpc) is 2.64. The fraction of sp³-hybridized carbons (Fsp3) is 0.250. The van der Waals surface area contributed by atoms with Crippen molar-refractivity contribution in [1.29, 1.82) is 0 Å². The van der Waals surface area contributed by atoms with Crippen LogP contribution < -0.4 is 4.52 Å². The van der Waals surface area contributed by atoms with Crippen LogP contribution in [0.5, 0.6) is 0 Å². The van der Waals surface area contributed by atoms with E-state index in [-0.39, 0.29) is 0 Å². The van der Waals surface area contributed by atoms with E-state index in [1.165, 1.54) is 0 Å². The Balaban J connectivity index is 2.21. The lowest BCUT2D eigenvalue weighted by atomic mass is 10.1.